The molecule has 0 radical (unpaired) electrons. The molecule has 3 atom stereocenters. The number of aliphatic hydroxyl groups excluding tert-OH is 1. The Morgan fingerprint density at radius 1 is 1.07 bits per heavy atom. The number of amides is 2. The number of rotatable bonds is 4. The van der Waals surface area contributed by atoms with Gasteiger partial charge in [0.1, 0.15) is 0 Å². The molecule has 1 saturated carbocycles. The lowest BCUT2D eigenvalue weighted by molar-refractivity contribution is -0.187. The topological polar surface area (TPSA) is 69.6 Å². The standard InChI is InChI=1S/C23H24N2O3/c26-13-11-22-14-18-20(27)24-19-9-5-4-8-17(19)23(18,22)10-12-25(21(22)28)15-16-6-2-1-3-7-16/h1-9,18,26H,10-15H2,(H,24,27)/t18-,22-,23+/m1/s1. The van der Waals surface area contributed by atoms with Crippen molar-refractivity contribution >= 4 is 17.5 Å². The van der Waals surface area contributed by atoms with Crippen molar-refractivity contribution in [1.29, 1.82) is 0 Å². The highest BCUT2D eigenvalue weighted by Gasteiger charge is 2.74. The van der Waals surface area contributed by atoms with Crippen LogP contribution in [0.25, 0.3) is 0 Å². The molecular formula is C23H24N2O3. The number of aliphatic hydroxyl groups is 1. The molecule has 2 aliphatic heterocycles. The molecule has 2 amide bonds. The molecule has 0 aromatic heterocycles. The number of nitrogens with one attached hydrogen (secondary N) is 1. The van der Waals surface area contributed by atoms with E-state index in [1.54, 1.807) is 0 Å². The molecule has 5 heteroatoms. The summed E-state index contributed by atoms with van der Waals surface area (Å²) in [4.78, 5) is 28.5. The summed E-state index contributed by atoms with van der Waals surface area (Å²) in [5.41, 5.74) is 1.78. The van der Waals surface area contributed by atoms with E-state index in [2.05, 4.69) is 5.32 Å². The van der Waals surface area contributed by atoms with Gasteiger partial charge in [-0.3, -0.25) is 9.59 Å². The normalized spacial score (nSPS) is 30.6. The van der Waals surface area contributed by atoms with Crippen molar-refractivity contribution in [3.8, 4) is 0 Å². The monoisotopic (exact) mass is 376 g/mol. The van der Waals surface area contributed by atoms with Gasteiger partial charge in [-0.25, -0.2) is 0 Å². The lowest BCUT2D eigenvalue weighted by atomic mass is 9.37. The number of hydrogen-bond acceptors (Lipinski definition) is 3. The predicted molar refractivity (Wildman–Crippen MR) is 105 cm³/mol. The van der Waals surface area contributed by atoms with Crippen LogP contribution in [0.3, 0.4) is 0 Å². The van der Waals surface area contributed by atoms with Gasteiger partial charge >= 0.3 is 0 Å². The summed E-state index contributed by atoms with van der Waals surface area (Å²) in [7, 11) is 0. The smallest absolute Gasteiger partial charge is 0.230 e. The van der Waals surface area contributed by atoms with Crippen LogP contribution in [-0.4, -0.2) is 35.0 Å². The van der Waals surface area contributed by atoms with Gasteiger partial charge in [0.05, 0.1) is 11.3 Å². The molecule has 2 fully saturated rings. The van der Waals surface area contributed by atoms with E-state index in [9.17, 15) is 14.7 Å². The fourth-order valence-corrected chi connectivity index (χ4v) is 5.99. The number of nitrogens with zero attached hydrogens (tertiary/aromatic N) is 1. The highest BCUT2D eigenvalue weighted by Crippen LogP contribution is 2.70. The van der Waals surface area contributed by atoms with Gasteiger partial charge in [-0.2, -0.15) is 0 Å². The van der Waals surface area contributed by atoms with E-state index >= 15 is 0 Å². The van der Waals surface area contributed by atoms with E-state index in [-0.39, 0.29) is 24.3 Å². The number of likely N-dealkylation sites (tertiary alicyclic amines) is 1. The molecule has 28 heavy (non-hydrogen) atoms. The molecule has 0 unspecified atom stereocenters. The first-order valence-electron chi connectivity index (χ1n) is 9.97. The minimum absolute atomic E-state index is 0.0107. The molecule has 5 nitrogen and oxygen atoms in total. The Labute approximate surface area is 164 Å². The third-order valence-electron chi connectivity index (χ3n) is 7.21. The lowest BCUT2D eigenvalue weighted by Gasteiger charge is -2.68. The number of hydrogen-bond donors (Lipinski definition) is 2. The first-order valence-corrected chi connectivity index (χ1v) is 9.97. The summed E-state index contributed by atoms with van der Waals surface area (Å²) in [5, 5.41) is 12.9. The summed E-state index contributed by atoms with van der Waals surface area (Å²) in [6.45, 7) is 1.14. The molecule has 2 heterocycles. The first-order chi connectivity index (χ1) is 13.6. The number of benzene rings is 2. The van der Waals surface area contributed by atoms with Crippen LogP contribution < -0.4 is 5.32 Å². The second-order valence-electron chi connectivity index (χ2n) is 8.28. The summed E-state index contributed by atoms with van der Waals surface area (Å²) < 4.78 is 0. The van der Waals surface area contributed by atoms with Crippen molar-refractivity contribution in [3.05, 3.63) is 65.7 Å². The number of anilines is 1. The van der Waals surface area contributed by atoms with E-state index < -0.39 is 10.8 Å². The van der Waals surface area contributed by atoms with E-state index in [0.717, 1.165) is 23.2 Å². The second-order valence-corrected chi connectivity index (χ2v) is 8.28. The van der Waals surface area contributed by atoms with Gasteiger partial charge in [-0.1, -0.05) is 48.5 Å². The fraction of sp³-hybridized carbons (Fsp3) is 0.391. The Morgan fingerprint density at radius 2 is 1.82 bits per heavy atom. The van der Waals surface area contributed by atoms with Gasteiger partial charge in [-0.15, -0.1) is 0 Å². The zero-order valence-corrected chi connectivity index (χ0v) is 15.7. The molecular weight excluding hydrogens is 352 g/mol. The molecule has 2 aromatic carbocycles. The highest BCUT2D eigenvalue weighted by molar-refractivity contribution is 6.03. The summed E-state index contributed by atoms with van der Waals surface area (Å²) >= 11 is 0. The quantitative estimate of drug-likeness (QED) is 0.862. The Kier molecular flexibility index (Phi) is 3.85. The van der Waals surface area contributed by atoms with Crippen molar-refractivity contribution in [2.24, 2.45) is 11.3 Å². The van der Waals surface area contributed by atoms with Crippen LogP contribution in [0.5, 0.6) is 0 Å². The van der Waals surface area contributed by atoms with Crippen molar-refractivity contribution in [2.45, 2.75) is 31.2 Å². The predicted octanol–water partition coefficient (Wildman–Crippen LogP) is 2.70. The number of fused-ring (bicyclic) bond motifs is 1. The maximum atomic E-state index is 13.8. The van der Waals surface area contributed by atoms with Gasteiger partial charge in [-0.05, 0) is 36.5 Å². The molecule has 5 rings (SSSR count). The fourth-order valence-electron chi connectivity index (χ4n) is 5.99. The molecule has 3 aliphatic rings. The van der Waals surface area contributed by atoms with E-state index in [4.69, 9.17) is 0 Å². The van der Waals surface area contributed by atoms with Gasteiger partial charge in [0, 0.05) is 30.8 Å². The maximum Gasteiger partial charge on any atom is 0.230 e. The third-order valence-corrected chi connectivity index (χ3v) is 7.21. The number of carbonyl (C=O) groups is 2. The number of para-hydroxylation sites is 1. The van der Waals surface area contributed by atoms with Crippen LogP contribution in [0.1, 0.15) is 30.4 Å². The Balaban J connectivity index is 1.57. The van der Waals surface area contributed by atoms with Crippen LogP contribution in [0.15, 0.2) is 54.6 Å². The molecule has 1 aliphatic carbocycles. The van der Waals surface area contributed by atoms with Gasteiger partial charge in [0.2, 0.25) is 11.8 Å². The van der Waals surface area contributed by atoms with Gasteiger partial charge < -0.3 is 15.3 Å². The maximum absolute atomic E-state index is 13.8. The molecule has 144 valence electrons. The zero-order valence-electron chi connectivity index (χ0n) is 15.7. The Bertz CT molecular complexity index is 944. The molecule has 2 aromatic rings. The first kappa shape index (κ1) is 17.4. The third kappa shape index (κ3) is 2.11. The highest BCUT2D eigenvalue weighted by atomic mass is 16.3. The summed E-state index contributed by atoms with van der Waals surface area (Å²) in [6.07, 6.45) is 1.66. The van der Waals surface area contributed by atoms with Crippen molar-refractivity contribution in [1.82, 2.24) is 4.90 Å². The van der Waals surface area contributed by atoms with Crippen molar-refractivity contribution in [3.63, 3.8) is 0 Å². The molecule has 0 bridgehead atoms. The van der Waals surface area contributed by atoms with Crippen molar-refractivity contribution < 1.29 is 14.7 Å². The zero-order chi connectivity index (χ0) is 19.4. The van der Waals surface area contributed by atoms with Crippen molar-refractivity contribution in [2.75, 3.05) is 18.5 Å². The average Bonchev–Trinajstić information content (AvgIpc) is 2.70. The molecule has 1 saturated heterocycles. The van der Waals surface area contributed by atoms with E-state index in [1.807, 2.05) is 59.5 Å². The van der Waals surface area contributed by atoms with Crippen LogP contribution in [0, 0.1) is 11.3 Å². The van der Waals surface area contributed by atoms with Crippen LogP contribution in [-0.2, 0) is 21.5 Å². The molecule has 2 N–H and O–H groups in total. The number of carbonyl (C=O) groups excluding carboxylic acids is 2. The minimum atomic E-state index is -0.701. The molecule has 1 spiro atoms. The average molecular weight is 376 g/mol. The van der Waals surface area contributed by atoms with Gasteiger partial charge in [0.25, 0.3) is 0 Å². The van der Waals surface area contributed by atoms with Crippen LogP contribution in [0.2, 0.25) is 0 Å². The number of piperidine rings is 1. The Hall–Kier alpha value is -2.66. The van der Waals surface area contributed by atoms with E-state index in [0.29, 0.717) is 25.9 Å². The van der Waals surface area contributed by atoms with Crippen LogP contribution in [0.4, 0.5) is 5.69 Å². The summed E-state index contributed by atoms with van der Waals surface area (Å²) in [6, 6.07) is 17.9. The second kappa shape index (κ2) is 6.17. The Morgan fingerprint density at radius 3 is 2.61 bits per heavy atom. The minimum Gasteiger partial charge on any atom is -0.396 e. The largest absolute Gasteiger partial charge is 0.396 e. The van der Waals surface area contributed by atoms with Gasteiger partial charge in [0.15, 0.2) is 0 Å². The lowest BCUT2D eigenvalue weighted by Crippen LogP contribution is -2.75. The summed E-state index contributed by atoms with van der Waals surface area (Å²) in [5.74, 6) is -0.106. The van der Waals surface area contributed by atoms with E-state index in [1.165, 1.54) is 0 Å². The SMILES string of the molecule is O=C1Nc2ccccc2[C@]23CCN(Cc4ccccc4)C(=O)[C@@]2(CCO)C[C@H]13. The van der Waals surface area contributed by atoms with Crippen LogP contribution >= 0.6 is 0 Å².